The van der Waals surface area contributed by atoms with E-state index < -0.39 is 10.8 Å². The van der Waals surface area contributed by atoms with Crippen LogP contribution >= 0.6 is 0 Å². The molecule has 3 heteroatoms. The number of nitrogens with one attached hydrogen (secondary N) is 1. The molecule has 1 atom stereocenters. The second kappa shape index (κ2) is 6.81. The molecule has 0 radical (unpaired) electrons. The Morgan fingerprint density at radius 1 is 1.38 bits per heavy atom. The summed E-state index contributed by atoms with van der Waals surface area (Å²) in [5.74, 6) is 1.40. The molecular formula is C13H21NOS. The number of hydrogen-bond acceptors (Lipinski definition) is 2. The van der Waals surface area contributed by atoms with Crippen LogP contribution in [0.25, 0.3) is 0 Å². The third kappa shape index (κ3) is 5.42. The highest BCUT2D eigenvalue weighted by molar-refractivity contribution is 7.84. The fraction of sp³-hybridized carbons (Fsp3) is 0.538. The van der Waals surface area contributed by atoms with Crippen molar-refractivity contribution in [3.05, 3.63) is 35.4 Å². The second-order valence-electron chi connectivity index (χ2n) is 4.39. The molecule has 1 rings (SSSR count). The molecule has 0 bridgehead atoms. The average Bonchev–Trinajstić information content (AvgIpc) is 2.16. The van der Waals surface area contributed by atoms with Crippen molar-refractivity contribution in [3.63, 3.8) is 0 Å². The van der Waals surface area contributed by atoms with E-state index in [1.807, 2.05) is 12.1 Å². The molecule has 0 aliphatic carbocycles. The number of rotatable bonds is 6. The van der Waals surface area contributed by atoms with Crippen molar-refractivity contribution in [2.75, 3.05) is 12.3 Å². The molecule has 1 N–H and O–H groups in total. The Morgan fingerprint density at radius 3 is 2.75 bits per heavy atom. The van der Waals surface area contributed by atoms with E-state index in [1.165, 1.54) is 11.1 Å². The lowest BCUT2D eigenvalue weighted by atomic mass is 10.2. The first-order chi connectivity index (χ1) is 7.58. The molecule has 0 spiro atoms. The number of hydrogen-bond donors (Lipinski definition) is 1. The molecule has 0 saturated heterocycles. The van der Waals surface area contributed by atoms with Crippen LogP contribution in [0, 0.1) is 6.92 Å². The van der Waals surface area contributed by atoms with Gasteiger partial charge in [0.2, 0.25) is 0 Å². The SMILES string of the molecule is Cc1cccc(CS(=O)CCNC(C)C)c1. The molecule has 0 amide bonds. The maximum atomic E-state index is 11.8. The van der Waals surface area contributed by atoms with E-state index in [0.717, 1.165) is 12.3 Å². The average molecular weight is 239 g/mol. The molecule has 1 aromatic carbocycles. The predicted molar refractivity (Wildman–Crippen MR) is 71.0 cm³/mol. The summed E-state index contributed by atoms with van der Waals surface area (Å²) in [7, 11) is -0.758. The third-order valence-corrected chi connectivity index (χ3v) is 3.61. The molecule has 0 aliphatic rings. The molecule has 0 aromatic heterocycles. The van der Waals surface area contributed by atoms with Crippen molar-refractivity contribution in [3.8, 4) is 0 Å². The zero-order valence-corrected chi connectivity index (χ0v) is 11.1. The maximum Gasteiger partial charge on any atom is 0.0486 e. The monoisotopic (exact) mass is 239 g/mol. The minimum atomic E-state index is -0.758. The Morgan fingerprint density at radius 2 is 2.12 bits per heavy atom. The van der Waals surface area contributed by atoms with Gasteiger partial charge in [0.15, 0.2) is 0 Å². The van der Waals surface area contributed by atoms with Crippen molar-refractivity contribution >= 4 is 10.8 Å². The number of aryl methyl sites for hydroxylation is 1. The van der Waals surface area contributed by atoms with Crippen LogP contribution < -0.4 is 5.32 Å². The summed E-state index contributed by atoms with van der Waals surface area (Å²) in [6.45, 7) is 7.09. The summed E-state index contributed by atoms with van der Waals surface area (Å²) in [6.07, 6.45) is 0. The Hall–Kier alpha value is -0.670. The quantitative estimate of drug-likeness (QED) is 0.825. The molecular weight excluding hydrogens is 218 g/mol. The van der Waals surface area contributed by atoms with Gasteiger partial charge in [0, 0.05) is 34.9 Å². The van der Waals surface area contributed by atoms with Crippen molar-refractivity contribution in [2.24, 2.45) is 0 Å². The molecule has 16 heavy (non-hydrogen) atoms. The fourth-order valence-electron chi connectivity index (χ4n) is 1.52. The van der Waals surface area contributed by atoms with Crippen molar-refractivity contribution in [1.29, 1.82) is 0 Å². The van der Waals surface area contributed by atoms with Crippen LogP contribution in [0.15, 0.2) is 24.3 Å². The maximum absolute atomic E-state index is 11.8. The van der Waals surface area contributed by atoms with Gasteiger partial charge < -0.3 is 5.32 Å². The van der Waals surface area contributed by atoms with Crippen LogP contribution in [0.1, 0.15) is 25.0 Å². The van der Waals surface area contributed by atoms with Crippen LogP contribution in [0.4, 0.5) is 0 Å². The predicted octanol–water partition coefficient (Wildman–Crippen LogP) is 2.24. The summed E-state index contributed by atoms with van der Waals surface area (Å²) in [4.78, 5) is 0. The lowest BCUT2D eigenvalue weighted by Gasteiger charge is -2.07. The zero-order valence-electron chi connectivity index (χ0n) is 10.3. The van der Waals surface area contributed by atoms with Crippen LogP contribution in [0.5, 0.6) is 0 Å². The lowest BCUT2D eigenvalue weighted by molar-refractivity contribution is 0.610. The molecule has 0 aliphatic heterocycles. The van der Waals surface area contributed by atoms with Gasteiger partial charge in [-0.3, -0.25) is 4.21 Å². The van der Waals surface area contributed by atoms with E-state index in [0.29, 0.717) is 11.8 Å². The van der Waals surface area contributed by atoms with E-state index in [9.17, 15) is 4.21 Å². The van der Waals surface area contributed by atoms with Gasteiger partial charge in [0.25, 0.3) is 0 Å². The molecule has 0 fully saturated rings. The summed E-state index contributed by atoms with van der Waals surface area (Å²) < 4.78 is 11.8. The van der Waals surface area contributed by atoms with Gasteiger partial charge in [-0.15, -0.1) is 0 Å². The van der Waals surface area contributed by atoms with Gasteiger partial charge in [-0.1, -0.05) is 43.7 Å². The fourth-order valence-corrected chi connectivity index (χ4v) is 2.56. The highest BCUT2D eigenvalue weighted by atomic mass is 32.2. The van der Waals surface area contributed by atoms with Crippen molar-refractivity contribution in [2.45, 2.75) is 32.6 Å². The van der Waals surface area contributed by atoms with Gasteiger partial charge in [-0.2, -0.15) is 0 Å². The Balaban J connectivity index is 2.34. The molecule has 1 aromatic rings. The molecule has 90 valence electrons. The zero-order chi connectivity index (χ0) is 12.0. The Bertz CT molecular complexity index is 350. The Kier molecular flexibility index (Phi) is 5.71. The molecule has 0 saturated carbocycles. The largest absolute Gasteiger partial charge is 0.314 e. The van der Waals surface area contributed by atoms with Crippen LogP contribution in [-0.4, -0.2) is 22.5 Å². The molecule has 1 unspecified atom stereocenters. The van der Waals surface area contributed by atoms with Gasteiger partial charge in [0.1, 0.15) is 0 Å². The van der Waals surface area contributed by atoms with E-state index in [2.05, 4.69) is 38.2 Å². The highest BCUT2D eigenvalue weighted by Crippen LogP contribution is 2.06. The van der Waals surface area contributed by atoms with Gasteiger partial charge >= 0.3 is 0 Å². The minimum absolute atomic E-state index is 0.468. The van der Waals surface area contributed by atoms with E-state index in [1.54, 1.807) is 0 Å². The third-order valence-electron chi connectivity index (χ3n) is 2.29. The van der Waals surface area contributed by atoms with Crippen LogP contribution in [-0.2, 0) is 16.6 Å². The van der Waals surface area contributed by atoms with E-state index in [-0.39, 0.29) is 0 Å². The van der Waals surface area contributed by atoms with Crippen molar-refractivity contribution in [1.82, 2.24) is 5.32 Å². The minimum Gasteiger partial charge on any atom is -0.314 e. The molecule has 2 nitrogen and oxygen atoms in total. The summed E-state index contributed by atoms with van der Waals surface area (Å²) >= 11 is 0. The molecule has 0 heterocycles. The van der Waals surface area contributed by atoms with Gasteiger partial charge in [-0.25, -0.2) is 0 Å². The first kappa shape index (κ1) is 13.4. The standard InChI is InChI=1S/C13H21NOS/c1-11(2)14-7-8-16(15)10-13-6-4-5-12(3)9-13/h4-6,9,11,14H,7-8,10H2,1-3H3. The second-order valence-corrected chi connectivity index (χ2v) is 5.96. The van der Waals surface area contributed by atoms with E-state index in [4.69, 9.17) is 0 Å². The normalized spacial score (nSPS) is 13.0. The van der Waals surface area contributed by atoms with Crippen LogP contribution in [0.3, 0.4) is 0 Å². The van der Waals surface area contributed by atoms with E-state index >= 15 is 0 Å². The number of benzene rings is 1. The topological polar surface area (TPSA) is 29.1 Å². The first-order valence-electron chi connectivity index (χ1n) is 5.72. The van der Waals surface area contributed by atoms with Gasteiger partial charge in [0.05, 0.1) is 0 Å². The first-order valence-corrected chi connectivity index (χ1v) is 7.20. The summed E-state index contributed by atoms with van der Waals surface area (Å²) in [5.41, 5.74) is 2.40. The van der Waals surface area contributed by atoms with Gasteiger partial charge in [-0.05, 0) is 12.5 Å². The summed E-state index contributed by atoms with van der Waals surface area (Å²) in [5, 5.41) is 3.28. The van der Waals surface area contributed by atoms with Crippen LogP contribution in [0.2, 0.25) is 0 Å². The smallest absolute Gasteiger partial charge is 0.0486 e. The van der Waals surface area contributed by atoms with Crippen molar-refractivity contribution < 1.29 is 4.21 Å². The Labute approximate surface area is 101 Å². The lowest BCUT2D eigenvalue weighted by Crippen LogP contribution is -2.27. The highest BCUT2D eigenvalue weighted by Gasteiger charge is 2.02. The summed E-state index contributed by atoms with van der Waals surface area (Å²) in [6, 6.07) is 8.70.